The van der Waals surface area contributed by atoms with Crippen molar-refractivity contribution in [3.05, 3.63) is 64.2 Å². The van der Waals surface area contributed by atoms with E-state index in [9.17, 15) is 0 Å². The fourth-order valence-corrected chi connectivity index (χ4v) is 3.43. The average molecular weight is 321 g/mol. The highest BCUT2D eigenvalue weighted by Crippen LogP contribution is 2.47. The Morgan fingerprint density at radius 3 is 2.57 bits per heavy atom. The molecule has 0 aliphatic carbocycles. The van der Waals surface area contributed by atoms with Gasteiger partial charge in [0.15, 0.2) is 0 Å². The van der Waals surface area contributed by atoms with Crippen LogP contribution in [-0.4, -0.2) is 6.61 Å². The lowest BCUT2D eigenvalue weighted by Crippen LogP contribution is -2.23. The van der Waals surface area contributed by atoms with Crippen molar-refractivity contribution in [3.8, 4) is 5.75 Å². The summed E-state index contributed by atoms with van der Waals surface area (Å²) in [7, 11) is 0. The van der Waals surface area contributed by atoms with Gasteiger partial charge < -0.3 is 4.74 Å². The molecule has 0 bridgehead atoms. The lowest BCUT2D eigenvalue weighted by molar-refractivity contribution is 0.349. The zero-order valence-corrected chi connectivity index (χ0v) is 13.7. The molecule has 0 N–H and O–H groups in total. The van der Waals surface area contributed by atoms with Crippen LogP contribution in [0.4, 0.5) is 0 Å². The van der Waals surface area contributed by atoms with E-state index in [-0.39, 0.29) is 10.8 Å². The summed E-state index contributed by atoms with van der Waals surface area (Å²) in [4.78, 5) is 0. The molecular formula is C18H18Cl2O. The van der Waals surface area contributed by atoms with Crippen LogP contribution in [0.3, 0.4) is 0 Å². The van der Waals surface area contributed by atoms with E-state index in [1.807, 2.05) is 30.3 Å². The fraction of sp³-hybridized carbons (Fsp3) is 0.333. The summed E-state index contributed by atoms with van der Waals surface area (Å²) < 4.78 is 5.79. The predicted molar refractivity (Wildman–Crippen MR) is 88.7 cm³/mol. The SMILES string of the molecule is CC(C)(c1ccccc1)C(Cl)c1cc(Cl)cc2c1OCC2. The second-order valence-corrected chi connectivity index (χ2v) is 6.90. The van der Waals surface area contributed by atoms with E-state index in [0.717, 1.165) is 28.3 Å². The number of benzene rings is 2. The topological polar surface area (TPSA) is 9.23 Å². The van der Waals surface area contributed by atoms with Crippen molar-refractivity contribution in [1.82, 2.24) is 0 Å². The first kappa shape index (κ1) is 14.7. The van der Waals surface area contributed by atoms with Crippen molar-refractivity contribution in [2.45, 2.75) is 31.1 Å². The minimum atomic E-state index is -0.215. The highest BCUT2D eigenvalue weighted by molar-refractivity contribution is 6.31. The first-order valence-corrected chi connectivity index (χ1v) is 7.96. The average Bonchev–Trinajstić information content (AvgIpc) is 2.94. The van der Waals surface area contributed by atoms with E-state index >= 15 is 0 Å². The molecule has 3 rings (SSSR count). The van der Waals surface area contributed by atoms with Gasteiger partial charge in [0, 0.05) is 22.4 Å². The molecule has 0 amide bonds. The molecule has 1 nitrogen and oxygen atoms in total. The van der Waals surface area contributed by atoms with Crippen molar-refractivity contribution in [3.63, 3.8) is 0 Å². The van der Waals surface area contributed by atoms with Gasteiger partial charge in [-0.15, -0.1) is 11.6 Å². The van der Waals surface area contributed by atoms with Crippen LogP contribution in [0.2, 0.25) is 5.02 Å². The Hall–Kier alpha value is -1.18. The van der Waals surface area contributed by atoms with Crippen molar-refractivity contribution >= 4 is 23.2 Å². The third kappa shape index (κ3) is 2.65. The van der Waals surface area contributed by atoms with Crippen LogP contribution in [0.1, 0.15) is 35.9 Å². The summed E-state index contributed by atoms with van der Waals surface area (Å²) in [6.07, 6.45) is 0.901. The molecular weight excluding hydrogens is 303 g/mol. The highest BCUT2D eigenvalue weighted by atomic mass is 35.5. The molecule has 0 saturated heterocycles. The van der Waals surface area contributed by atoms with Crippen LogP contribution < -0.4 is 4.74 Å². The molecule has 1 aliphatic rings. The number of rotatable bonds is 3. The Morgan fingerprint density at radius 2 is 1.86 bits per heavy atom. The Balaban J connectivity index is 2.05. The van der Waals surface area contributed by atoms with Gasteiger partial charge in [0.2, 0.25) is 0 Å². The molecule has 1 aliphatic heterocycles. The third-order valence-electron chi connectivity index (χ3n) is 4.20. The predicted octanol–water partition coefficient (Wildman–Crippen LogP) is 5.53. The number of halogens is 2. The van der Waals surface area contributed by atoms with Crippen LogP contribution in [0.15, 0.2) is 42.5 Å². The van der Waals surface area contributed by atoms with Gasteiger partial charge in [-0.1, -0.05) is 55.8 Å². The first-order valence-electron chi connectivity index (χ1n) is 7.15. The van der Waals surface area contributed by atoms with Crippen LogP contribution in [0, 0.1) is 0 Å². The van der Waals surface area contributed by atoms with E-state index in [1.165, 1.54) is 5.56 Å². The molecule has 2 aromatic rings. The quantitative estimate of drug-likeness (QED) is 0.675. The number of alkyl halides is 1. The van der Waals surface area contributed by atoms with E-state index < -0.39 is 0 Å². The van der Waals surface area contributed by atoms with Gasteiger partial charge in [0.1, 0.15) is 5.75 Å². The van der Waals surface area contributed by atoms with E-state index in [2.05, 4.69) is 26.0 Å². The molecule has 2 aromatic carbocycles. The molecule has 1 unspecified atom stereocenters. The fourth-order valence-electron chi connectivity index (χ4n) is 2.89. The first-order chi connectivity index (χ1) is 10.00. The Morgan fingerprint density at radius 1 is 1.14 bits per heavy atom. The molecule has 0 spiro atoms. The summed E-state index contributed by atoms with van der Waals surface area (Å²) in [6, 6.07) is 14.2. The normalized spacial score (nSPS) is 15.4. The van der Waals surface area contributed by atoms with Crippen molar-refractivity contribution < 1.29 is 4.74 Å². The van der Waals surface area contributed by atoms with Gasteiger partial charge in [-0.2, -0.15) is 0 Å². The van der Waals surface area contributed by atoms with Gasteiger partial charge in [-0.3, -0.25) is 0 Å². The van der Waals surface area contributed by atoms with Crippen LogP contribution >= 0.6 is 23.2 Å². The summed E-state index contributed by atoms with van der Waals surface area (Å²) in [5, 5.41) is 0.522. The highest BCUT2D eigenvalue weighted by Gasteiger charge is 2.34. The maximum Gasteiger partial charge on any atom is 0.127 e. The van der Waals surface area contributed by atoms with Gasteiger partial charge in [-0.05, 0) is 23.3 Å². The third-order valence-corrected chi connectivity index (χ3v) is 5.20. The second kappa shape index (κ2) is 5.55. The molecule has 0 radical (unpaired) electrons. The summed E-state index contributed by atoms with van der Waals surface area (Å²) in [5.74, 6) is 0.920. The smallest absolute Gasteiger partial charge is 0.127 e. The number of hydrogen-bond donors (Lipinski definition) is 0. The molecule has 0 saturated carbocycles. The zero-order valence-electron chi connectivity index (χ0n) is 12.2. The molecule has 1 heterocycles. The van der Waals surface area contributed by atoms with Crippen LogP contribution in [-0.2, 0) is 11.8 Å². The van der Waals surface area contributed by atoms with Gasteiger partial charge in [0.05, 0.1) is 12.0 Å². The molecule has 110 valence electrons. The van der Waals surface area contributed by atoms with Crippen molar-refractivity contribution in [2.24, 2.45) is 0 Å². The lowest BCUT2D eigenvalue weighted by atomic mass is 9.78. The van der Waals surface area contributed by atoms with Crippen LogP contribution in [0.5, 0.6) is 5.75 Å². The van der Waals surface area contributed by atoms with E-state index in [1.54, 1.807) is 0 Å². The van der Waals surface area contributed by atoms with Crippen molar-refractivity contribution in [1.29, 1.82) is 0 Å². The molecule has 3 heteroatoms. The standard InChI is InChI=1S/C18H18Cl2O/c1-18(2,13-6-4-3-5-7-13)17(20)15-11-14(19)10-12-8-9-21-16(12)15/h3-7,10-11,17H,8-9H2,1-2H3. The van der Waals surface area contributed by atoms with Crippen molar-refractivity contribution in [2.75, 3.05) is 6.61 Å². The Kier molecular flexibility index (Phi) is 3.90. The Bertz CT molecular complexity index is 650. The minimum absolute atomic E-state index is 0.203. The van der Waals surface area contributed by atoms with Gasteiger partial charge in [-0.25, -0.2) is 0 Å². The van der Waals surface area contributed by atoms with Crippen LogP contribution in [0.25, 0.3) is 0 Å². The summed E-state index contributed by atoms with van der Waals surface area (Å²) >= 11 is 13.1. The van der Waals surface area contributed by atoms with Gasteiger partial charge in [0.25, 0.3) is 0 Å². The number of hydrogen-bond acceptors (Lipinski definition) is 1. The number of ether oxygens (including phenoxy) is 1. The van der Waals surface area contributed by atoms with E-state index in [0.29, 0.717) is 6.61 Å². The largest absolute Gasteiger partial charge is 0.493 e. The summed E-state index contributed by atoms with van der Waals surface area (Å²) in [5.41, 5.74) is 3.14. The molecule has 1 atom stereocenters. The molecule has 0 aromatic heterocycles. The molecule has 0 fully saturated rings. The summed E-state index contributed by atoms with van der Waals surface area (Å²) in [6.45, 7) is 5.02. The molecule has 21 heavy (non-hydrogen) atoms. The maximum atomic E-state index is 6.85. The zero-order chi connectivity index (χ0) is 15.0. The number of fused-ring (bicyclic) bond motifs is 1. The Labute approximate surface area is 135 Å². The lowest BCUT2D eigenvalue weighted by Gasteiger charge is -2.32. The van der Waals surface area contributed by atoms with E-state index in [4.69, 9.17) is 27.9 Å². The van der Waals surface area contributed by atoms with Gasteiger partial charge >= 0.3 is 0 Å². The maximum absolute atomic E-state index is 6.85. The minimum Gasteiger partial charge on any atom is -0.493 e. The second-order valence-electron chi connectivity index (χ2n) is 6.03. The monoisotopic (exact) mass is 320 g/mol.